The number of ketones is 1. The standard InChI is InChI=1S/C94H129N19O20S/c1-9-11-29-74-88(127)102-66(28-21-37-114)85(124)108-73(84(123)100-48-80(97)119)51-134-52-81(120)101-68(39-55-32-34-61(116)35-33-55)90(129)109(6)54(5)82(121)103-70(44-79(96)118)92(131)112-36-20-31-75(112)89(128)106-71(45-95)86(125)104-67(38-53(3)4)93(132)113-49-60(56-22-14-13-15-23-56)42-77(113)78(117)43-57(40-58-46-98-64-26-18-16-24-62(58)64)83(122)107-72(50-115)87(126)105-69(41-59-47-99-65-27-19-17-25-63(59)65)91(130)111(8)76(30-12-10-2)94(133)110(74)7/h13-19,22-27,32-35,46-47,53-54,57,60,66-77,98-99,114-116H,9-12,20-21,28-31,36-45,48-52,95H2,1-8H3,(H2,96,118)(H2,97,119)(H,100,123)(H,101,120)(H,102,127)(H,103,121)(H,104,125)(H,105,126)(H,106,128)(H,107,122)(H,108,124)/t54-,57+,60+,66-,67-,68-,69-,70-,71-,72-,73-,74-,75-,76-,77-/m0/s1. The molecule has 2 aromatic heterocycles. The lowest BCUT2D eigenvalue weighted by Gasteiger charge is -2.36. The predicted octanol–water partition coefficient (Wildman–Crippen LogP) is 0.0868. The fraction of sp³-hybridized carbons (Fsp3) is 0.521. The molecule has 3 aliphatic rings. The van der Waals surface area contributed by atoms with E-state index in [4.69, 9.17) is 17.2 Å². The first kappa shape index (κ1) is 105. The summed E-state index contributed by atoms with van der Waals surface area (Å²) in [6.07, 6.45) is 2.87. The van der Waals surface area contributed by atoms with Gasteiger partial charge in [-0.3, -0.25) is 81.5 Å². The van der Waals surface area contributed by atoms with Gasteiger partial charge in [0.25, 0.3) is 0 Å². The number of phenolic OH excluding ortho intramolecular Hbond substituents is 1. The third kappa shape index (κ3) is 28.4. The number of unbranched alkanes of at least 4 members (excludes halogenated alkanes) is 2. The minimum absolute atomic E-state index is 0.00289. The van der Waals surface area contributed by atoms with Gasteiger partial charge in [0.05, 0.1) is 31.4 Å². The Balaban J connectivity index is 1.10. The number of hydrogen-bond donors (Lipinski definition) is 17. The van der Waals surface area contributed by atoms with Crippen molar-refractivity contribution in [1.82, 2.24) is 82.3 Å². The maximum Gasteiger partial charge on any atom is 0.246 e. The number of likely N-dealkylation sites (N-methyl/N-ethyl adjacent to an activating group) is 3. The Kier molecular flexibility index (Phi) is 39.4. The zero-order valence-electron chi connectivity index (χ0n) is 77.0. The monoisotopic (exact) mass is 1880 g/mol. The van der Waals surface area contributed by atoms with Crippen LogP contribution >= 0.6 is 11.8 Å². The molecule has 9 rings (SSSR count). The minimum Gasteiger partial charge on any atom is -0.508 e. The van der Waals surface area contributed by atoms with Gasteiger partial charge >= 0.3 is 0 Å². The molecule has 0 aliphatic carbocycles. The molecule has 3 fully saturated rings. The number of phenols is 1. The number of H-pyrrole nitrogens is 2. The van der Waals surface area contributed by atoms with Gasteiger partial charge in [-0.2, -0.15) is 0 Å². The highest BCUT2D eigenvalue weighted by Gasteiger charge is 2.47. The van der Waals surface area contributed by atoms with E-state index in [1.807, 2.05) is 38.1 Å². The van der Waals surface area contributed by atoms with E-state index < -0.39 is 241 Å². The number of hydrogen-bond acceptors (Lipinski definition) is 22. The Hall–Kier alpha value is -12.8. The van der Waals surface area contributed by atoms with E-state index in [1.54, 1.807) is 80.8 Å². The number of aromatic amines is 2. The number of nitrogens with zero attached hydrogens (tertiary/aromatic N) is 5. The molecule has 4 aromatic carbocycles. The highest BCUT2D eigenvalue weighted by molar-refractivity contribution is 8.00. The number of aliphatic hydroxyl groups excluding tert-OH is 2. The number of nitrogens with one attached hydrogen (secondary N) is 11. The van der Waals surface area contributed by atoms with Crippen molar-refractivity contribution in [3.05, 3.63) is 138 Å². The lowest BCUT2D eigenvalue weighted by molar-refractivity contribution is -0.149. The molecule has 39 nitrogen and oxygen atoms in total. The summed E-state index contributed by atoms with van der Waals surface area (Å²) in [5, 5.41) is 56.8. The maximum atomic E-state index is 15.8. The number of fused-ring (bicyclic) bond motifs is 4. The molecular weight excluding hydrogens is 1750 g/mol. The smallest absolute Gasteiger partial charge is 0.246 e. The SMILES string of the molecule is CCCC[C@H]1C(=O)N(C)[C@@H](CCCC)C(=O)N[C@@H](CCCO)C(=O)N[C@H](C(=O)NCC(N)=O)CSCC(=O)N[C@@H](Cc2ccc(O)cc2)C(=O)N(C)[C@@H](C)C(=O)N[C@@H](CC(N)=O)C(=O)N2CCC[C@H]2C(=O)N[C@@H](CN)C(=O)N[C@@H](CC(C)C)C(=O)N2C[C@H](c3ccccc3)C[C@H]2C(=O)C[C@@H](Cc2c[nH]c3ccccc23)C(=O)N[C@@H](CO)C(=O)N[C@@H](Cc2c[nH]c3ccccc23)C(=O)N1C. The number of primary amides is 2. The van der Waals surface area contributed by atoms with E-state index in [-0.39, 0.29) is 95.4 Å². The van der Waals surface area contributed by atoms with Crippen LogP contribution in [0.1, 0.15) is 153 Å². The Morgan fingerprint density at radius 1 is 0.537 bits per heavy atom. The average molecular weight is 1880 g/mol. The number of amides is 16. The van der Waals surface area contributed by atoms with Gasteiger partial charge in [0, 0.05) is 118 Å². The number of benzene rings is 4. The Labute approximate surface area is 781 Å². The molecule has 0 unspecified atom stereocenters. The summed E-state index contributed by atoms with van der Waals surface area (Å²) in [6.45, 7) is 5.61. The highest BCUT2D eigenvalue weighted by Crippen LogP contribution is 2.36. The van der Waals surface area contributed by atoms with Crippen molar-refractivity contribution in [3.63, 3.8) is 0 Å². The molecule has 16 amide bonds. The fourth-order valence-electron chi connectivity index (χ4n) is 17.2. The Morgan fingerprint density at radius 3 is 1.70 bits per heavy atom. The molecule has 40 heteroatoms. The molecule has 0 radical (unpaired) electrons. The van der Waals surface area contributed by atoms with Crippen LogP contribution in [0.4, 0.5) is 0 Å². The van der Waals surface area contributed by atoms with Gasteiger partial charge in [-0.15, -0.1) is 11.8 Å². The summed E-state index contributed by atoms with van der Waals surface area (Å²) < 4.78 is 0. The summed E-state index contributed by atoms with van der Waals surface area (Å²) in [4.78, 5) is 262. The van der Waals surface area contributed by atoms with Crippen molar-refractivity contribution in [2.75, 3.05) is 72.0 Å². The first-order valence-corrected chi connectivity index (χ1v) is 46.8. The van der Waals surface area contributed by atoms with Crippen molar-refractivity contribution in [2.24, 2.45) is 29.0 Å². The predicted molar refractivity (Wildman–Crippen MR) is 498 cm³/mol. The van der Waals surface area contributed by atoms with Gasteiger partial charge < -0.3 is 115 Å². The van der Waals surface area contributed by atoms with Crippen LogP contribution in [0.3, 0.4) is 0 Å². The number of aromatic nitrogens is 2. The van der Waals surface area contributed by atoms with Gasteiger partial charge in [-0.25, -0.2) is 0 Å². The number of carbonyl (C=O) groups is 17. The van der Waals surface area contributed by atoms with Crippen LogP contribution in [-0.4, -0.2) is 301 Å². The van der Waals surface area contributed by atoms with Crippen LogP contribution in [0.2, 0.25) is 0 Å². The largest absolute Gasteiger partial charge is 0.508 e. The molecule has 3 saturated heterocycles. The summed E-state index contributed by atoms with van der Waals surface area (Å²) in [5.41, 5.74) is 21.0. The summed E-state index contributed by atoms with van der Waals surface area (Å²) >= 11 is 0.767. The zero-order valence-corrected chi connectivity index (χ0v) is 77.9. The van der Waals surface area contributed by atoms with Crippen molar-refractivity contribution >= 4 is 134 Å². The summed E-state index contributed by atoms with van der Waals surface area (Å²) in [5.74, 6) is -18.4. The number of rotatable bonds is 25. The second-order valence-corrected chi connectivity index (χ2v) is 36.1. The van der Waals surface area contributed by atoms with E-state index >= 15 is 33.6 Å². The first-order valence-electron chi connectivity index (χ1n) is 45.6. The van der Waals surface area contributed by atoms with Gasteiger partial charge in [-0.1, -0.05) is 132 Å². The molecule has 15 atom stereocenters. The number of aliphatic hydroxyl groups is 2. The number of Topliss-reactive ketones (excluding diaryl/α,β-unsaturated/α-hetero) is 1. The summed E-state index contributed by atoms with van der Waals surface area (Å²) in [6, 6.07) is 9.42. The minimum atomic E-state index is -1.82. The second-order valence-electron chi connectivity index (χ2n) is 35.1. The third-order valence-electron chi connectivity index (χ3n) is 24.8. The van der Waals surface area contributed by atoms with E-state index in [0.717, 1.165) is 36.9 Å². The van der Waals surface area contributed by atoms with Gasteiger partial charge in [-0.05, 0) is 117 Å². The fourth-order valence-corrected chi connectivity index (χ4v) is 18.1. The second kappa shape index (κ2) is 50.3. The molecular formula is C94H129N19O20S. The van der Waals surface area contributed by atoms with Crippen LogP contribution in [0.25, 0.3) is 21.8 Å². The van der Waals surface area contributed by atoms with Crippen molar-refractivity contribution in [3.8, 4) is 5.75 Å². The van der Waals surface area contributed by atoms with E-state index in [0.29, 0.717) is 64.2 Å². The van der Waals surface area contributed by atoms with Crippen molar-refractivity contribution in [2.45, 2.75) is 228 Å². The normalized spacial score (nSPS) is 25.0. The van der Waals surface area contributed by atoms with Gasteiger partial charge in [0.15, 0.2) is 5.78 Å². The Bertz CT molecular complexity index is 5150. The topological polar surface area (TPSA) is 585 Å². The number of thioether (sulfide) groups is 1. The number of carbonyl (C=O) groups excluding carboxylic acids is 17. The third-order valence-corrected chi connectivity index (χ3v) is 25.9. The quantitative estimate of drug-likeness (QED) is 0.0361. The molecule has 726 valence electrons. The lowest BCUT2D eigenvalue weighted by Crippen LogP contribution is -2.61. The lowest BCUT2D eigenvalue weighted by atomic mass is 9.88. The maximum absolute atomic E-state index is 15.8. The molecule has 0 bridgehead atoms. The van der Waals surface area contributed by atoms with Crippen molar-refractivity contribution < 1.29 is 96.8 Å². The van der Waals surface area contributed by atoms with Crippen LogP contribution in [0.5, 0.6) is 5.75 Å². The molecule has 3 aliphatic heterocycles. The molecule has 5 heterocycles. The molecule has 20 N–H and O–H groups in total. The van der Waals surface area contributed by atoms with Crippen LogP contribution < -0.4 is 65.1 Å². The number of aromatic hydroxyl groups is 1. The van der Waals surface area contributed by atoms with E-state index in [2.05, 4.69) is 57.8 Å². The zero-order chi connectivity index (χ0) is 97.7. The van der Waals surface area contributed by atoms with E-state index in [9.17, 15) is 63.3 Å². The first-order chi connectivity index (χ1) is 64.0. The Morgan fingerprint density at radius 2 is 1.09 bits per heavy atom. The molecule has 6 aromatic rings. The van der Waals surface area contributed by atoms with Gasteiger partial charge in [0.1, 0.15) is 78.3 Å². The molecule has 134 heavy (non-hydrogen) atoms. The molecule has 0 spiro atoms. The number of para-hydroxylation sites is 2. The van der Waals surface area contributed by atoms with Crippen LogP contribution in [-0.2, 0) is 101 Å². The number of nitrogens with two attached hydrogens (primary N) is 3. The highest BCUT2D eigenvalue weighted by atomic mass is 32.2. The average Bonchev–Trinajstić information content (AvgIpc) is 1.56. The summed E-state index contributed by atoms with van der Waals surface area (Å²) in [7, 11) is 3.94. The van der Waals surface area contributed by atoms with Crippen molar-refractivity contribution in [1.29, 1.82) is 0 Å². The van der Waals surface area contributed by atoms with Crippen LogP contribution in [0.15, 0.2) is 116 Å². The van der Waals surface area contributed by atoms with Crippen LogP contribution in [0, 0.1) is 11.8 Å². The van der Waals surface area contributed by atoms with E-state index in [1.165, 1.54) is 57.2 Å². The molecule has 0 saturated carbocycles. The van der Waals surface area contributed by atoms with Gasteiger partial charge in [0.2, 0.25) is 94.5 Å².